The summed E-state index contributed by atoms with van der Waals surface area (Å²) in [5, 5.41) is 3.30. The van der Waals surface area contributed by atoms with E-state index in [0.717, 1.165) is 18.7 Å². The number of hydrogen-bond acceptors (Lipinski definition) is 3. The maximum atomic E-state index is 12.6. The molecule has 2 bridgehead atoms. The Balaban J connectivity index is 1.68. The third kappa shape index (κ3) is 1.69. The predicted molar refractivity (Wildman–Crippen MR) is 54.1 cm³/mol. The SMILES string of the molecule is Fc1ccc(NC2CC3CCC2O3)nc1. The van der Waals surface area contributed by atoms with Crippen molar-refractivity contribution in [1.29, 1.82) is 0 Å². The Morgan fingerprint density at radius 2 is 2.33 bits per heavy atom. The minimum Gasteiger partial charge on any atom is -0.373 e. The van der Waals surface area contributed by atoms with Gasteiger partial charge in [-0.3, -0.25) is 0 Å². The van der Waals surface area contributed by atoms with Gasteiger partial charge in [-0.15, -0.1) is 0 Å². The summed E-state index contributed by atoms with van der Waals surface area (Å²) in [5.74, 6) is 0.433. The molecule has 0 aliphatic carbocycles. The van der Waals surface area contributed by atoms with Crippen molar-refractivity contribution >= 4 is 5.82 Å². The lowest BCUT2D eigenvalue weighted by atomic mass is 9.95. The van der Waals surface area contributed by atoms with E-state index in [2.05, 4.69) is 10.3 Å². The van der Waals surface area contributed by atoms with Gasteiger partial charge in [-0.25, -0.2) is 9.37 Å². The average molecular weight is 208 g/mol. The first-order valence-corrected chi connectivity index (χ1v) is 5.35. The van der Waals surface area contributed by atoms with E-state index in [-0.39, 0.29) is 5.82 Å². The Morgan fingerprint density at radius 3 is 2.93 bits per heavy atom. The van der Waals surface area contributed by atoms with Crippen LogP contribution in [0.3, 0.4) is 0 Å². The second kappa shape index (κ2) is 3.45. The molecule has 3 heterocycles. The number of rotatable bonds is 2. The monoisotopic (exact) mass is 208 g/mol. The number of anilines is 1. The van der Waals surface area contributed by atoms with Crippen molar-refractivity contribution in [3.05, 3.63) is 24.1 Å². The van der Waals surface area contributed by atoms with Crippen LogP contribution in [-0.2, 0) is 4.74 Å². The first-order chi connectivity index (χ1) is 7.31. The van der Waals surface area contributed by atoms with Gasteiger partial charge in [-0.2, -0.15) is 0 Å². The molecule has 0 saturated carbocycles. The molecule has 2 aliphatic rings. The highest BCUT2D eigenvalue weighted by Crippen LogP contribution is 2.35. The van der Waals surface area contributed by atoms with Crippen LogP contribution in [0.15, 0.2) is 18.3 Å². The van der Waals surface area contributed by atoms with Crippen molar-refractivity contribution in [3.63, 3.8) is 0 Å². The van der Waals surface area contributed by atoms with E-state index < -0.39 is 0 Å². The van der Waals surface area contributed by atoms with Crippen molar-refractivity contribution in [2.45, 2.75) is 37.5 Å². The second-order valence-corrected chi connectivity index (χ2v) is 4.22. The zero-order chi connectivity index (χ0) is 10.3. The smallest absolute Gasteiger partial charge is 0.141 e. The predicted octanol–water partition coefficient (Wildman–Crippen LogP) is 1.95. The van der Waals surface area contributed by atoms with Gasteiger partial charge in [-0.05, 0) is 31.4 Å². The first-order valence-electron chi connectivity index (χ1n) is 5.35. The van der Waals surface area contributed by atoms with Gasteiger partial charge in [0, 0.05) is 0 Å². The standard InChI is InChI=1S/C11H13FN2O/c12-7-1-4-11(13-6-7)14-9-5-8-2-3-10(9)15-8/h1,4,6,8-10H,2-3,5H2,(H,13,14). The highest BCUT2D eigenvalue weighted by molar-refractivity contribution is 5.36. The summed E-state index contributed by atoms with van der Waals surface area (Å²) >= 11 is 0. The summed E-state index contributed by atoms with van der Waals surface area (Å²) in [6, 6.07) is 3.44. The van der Waals surface area contributed by atoms with E-state index in [1.165, 1.54) is 18.7 Å². The zero-order valence-electron chi connectivity index (χ0n) is 8.32. The van der Waals surface area contributed by atoms with Crippen molar-refractivity contribution < 1.29 is 9.13 Å². The van der Waals surface area contributed by atoms with E-state index >= 15 is 0 Å². The molecule has 0 radical (unpaired) electrons. The fourth-order valence-electron chi connectivity index (χ4n) is 2.44. The third-order valence-corrected chi connectivity index (χ3v) is 3.17. The Bertz CT molecular complexity index is 354. The quantitative estimate of drug-likeness (QED) is 0.806. The molecule has 0 spiro atoms. The number of ether oxygens (including phenoxy) is 1. The molecule has 2 saturated heterocycles. The summed E-state index contributed by atoms with van der Waals surface area (Å²) < 4.78 is 18.4. The Morgan fingerprint density at radius 1 is 1.40 bits per heavy atom. The molecule has 2 fully saturated rings. The molecule has 80 valence electrons. The Hall–Kier alpha value is -1.16. The minimum atomic E-state index is -0.301. The Labute approximate surface area is 87.7 Å². The van der Waals surface area contributed by atoms with Gasteiger partial charge < -0.3 is 10.1 Å². The molecule has 3 unspecified atom stereocenters. The first kappa shape index (κ1) is 9.09. The number of fused-ring (bicyclic) bond motifs is 2. The van der Waals surface area contributed by atoms with Gasteiger partial charge in [0.05, 0.1) is 24.4 Å². The molecule has 1 aromatic rings. The largest absolute Gasteiger partial charge is 0.373 e. The van der Waals surface area contributed by atoms with Crippen molar-refractivity contribution in [2.24, 2.45) is 0 Å². The van der Waals surface area contributed by atoms with Gasteiger partial charge in [-0.1, -0.05) is 0 Å². The molecule has 0 amide bonds. The van der Waals surface area contributed by atoms with Gasteiger partial charge >= 0.3 is 0 Å². The van der Waals surface area contributed by atoms with Crippen molar-refractivity contribution in [3.8, 4) is 0 Å². The molecule has 0 aromatic carbocycles. The molecular weight excluding hydrogens is 195 g/mol. The van der Waals surface area contributed by atoms with Crippen LogP contribution >= 0.6 is 0 Å². The molecule has 4 heteroatoms. The number of hydrogen-bond donors (Lipinski definition) is 1. The minimum absolute atomic E-state index is 0.301. The molecule has 3 rings (SSSR count). The number of halogens is 1. The second-order valence-electron chi connectivity index (χ2n) is 4.22. The molecule has 3 atom stereocenters. The molecule has 15 heavy (non-hydrogen) atoms. The molecule has 2 aliphatic heterocycles. The summed E-state index contributed by atoms with van der Waals surface area (Å²) in [6.07, 6.45) is 5.33. The lowest BCUT2D eigenvalue weighted by Gasteiger charge is -2.20. The van der Waals surface area contributed by atoms with E-state index in [0.29, 0.717) is 18.2 Å². The average Bonchev–Trinajstić information content (AvgIpc) is 2.83. The zero-order valence-corrected chi connectivity index (χ0v) is 8.32. The maximum absolute atomic E-state index is 12.6. The van der Waals surface area contributed by atoms with Crippen LogP contribution in [0.4, 0.5) is 10.2 Å². The Kier molecular flexibility index (Phi) is 2.09. The van der Waals surface area contributed by atoms with Crippen LogP contribution in [0.2, 0.25) is 0 Å². The van der Waals surface area contributed by atoms with E-state index in [1.807, 2.05) is 0 Å². The van der Waals surface area contributed by atoms with Crippen molar-refractivity contribution in [2.75, 3.05) is 5.32 Å². The van der Waals surface area contributed by atoms with Crippen LogP contribution < -0.4 is 5.32 Å². The summed E-state index contributed by atoms with van der Waals surface area (Å²) in [4.78, 5) is 3.98. The fourth-order valence-corrected chi connectivity index (χ4v) is 2.44. The highest BCUT2D eigenvalue weighted by atomic mass is 19.1. The number of nitrogens with one attached hydrogen (secondary N) is 1. The van der Waals surface area contributed by atoms with E-state index in [1.54, 1.807) is 6.07 Å². The van der Waals surface area contributed by atoms with E-state index in [9.17, 15) is 4.39 Å². The third-order valence-electron chi connectivity index (χ3n) is 3.17. The van der Waals surface area contributed by atoms with Crippen LogP contribution in [0, 0.1) is 5.82 Å². The summed E-state index contributed by atoms with van der Waals surface area (Å²) in [5.41, 5.74) is 0. The van der Waals surface area contributed by atoms with Crippen LogP contribution in [0.1, 0.15) is 19.3 Å². The molecular formula is C11H13FN2O. The van der Waals surface area contributed by atoms with Gasteiger partial charge in [0.25, 0.3) is 0 Å². The van der Waals surface area contributed by atoms with Gasteiger partial charge in [0.1, 0.15) is 11.6 Å². The fraction of sp³-hybridized carbons (Fsp3) is 0.545. The topological polar surface area (TPSA) is 34.1 Å². The van der Waals surface area contributed by atoms with Crippen LogP contribution in [0.25, 0.3) is 0 Å². The lowest BCUT2D eigenvalue weighted by molar-refractivity contribution is 0.102. The lowest BCUT2D eigenvalue weighted by Crippen LogP contribution is -2.30. The van der Waals surface area contributed by atoms with Crippen molar-refractivity contribution in [1.82, 2.24) is 4.98 Å². The number of aromatic nitrogens is 1. The number of nitrogens with zero attached hydrogens (tertiary/aromatic N) is 1. The van der Waals surface area contributed by atoms with E-state index in [4.69, 9.17) is 4.74 Å². The van der Waals surface area contributed by atoms with Gasteiger partial charge in [0.2, 0.25) is 0 Å². The normalized spacial score (nSPS) is 33.3. The summed E-state index contributed by atoms with van der Waals surface area (Å²) in [7, 11) is 0. The summed E-state index contributed by atoms with van der Waals surface area (Å²) in [6.45, 7) is 0. The van der Waals surface area contributed by atoms with Gasteiger partial charge in [0.15, 0.2) is 0 Å². The van der Waals surface area contributed by atoms with Crippen LogP contribution in [-0.4, -0.2) is 23.2 Å². The highest BCUT2D eigenvalue weighted by Gasteiger charge is 2.40. The molecule has 1 N–H and O–H groups in total. The molecule has 3 nitrogen and oxygen atoms in total. The molecule has 1 aromatic heterocycles. The number of pyridine rings is 1. The van der Waals surface area contributed by atoms with Crippen LogP contribution in [0.5, 0.6) is 0 Å². The maximum Gasteiger partial charge on any atom is 0.141 e.